The Bertz CT molecular complexity index is 463. The Labute approximate surface area is 164 Å². The number of likely N-dealkylation sites (N-methyl/N-ethyl adjacent to an activating group) is 1. The molecule has 4 nitrogen and oxygen atoms in total. The Hall–Kier alpha value is -0.810. The molecule has 1 fully saturated rings. The molecule has 2 N–H and O–H groups in total. The third-order valence-electron chi connectivity index (χ3n) is 4.87. The van der Waals surface area contributed by atoms with Gasteiger partial charge in [0.1, 0.15) is 0 Å². The van der Waals surface area contributed by atoms with E-state index in [0.717, 1.165) is 32.6 Å². The van der Waals surface area contributed by atoms with Gasteiger partial charge in [0.05, 0.1) is 6.04 Å². The number of halogens is 2. The molecule has 1 aromatic rings. The summed E-state index contributed by atoms with van der Waals surface area (Å²) in [6.45, 7) is 9.18. The van der Waals surface area contributed by atoms with Gasteiger partial charge in [-0.1, -0.05) is 44.2 Å². The smallest absolute Gasteiger partial charge is 0.220 e. The third-order valence-corrected chi connectivity index (χ3v) is 4.87. The van der Waals surface area contributed by atoms with E-state index < -0.39 is 0 Å². The summed E-state index contributed by atoms with van der Waals surface area (Å²) in [6.07, 6.45) is 2.85. The van der Waals surface area contributed by atoms with Crippen LogP contribution in [-0.4, -0.2) is 43.5 Å². The summed E-state index contributed by atoms with van der Waals surface area (Å²) >= 11 is 0. The fourth-order valence-electron chi connectivity index (χ4n) is 3.39. The third kappa shape index (κ3) is 7.95. The Kier molecular flexibility index (Phi) is 13.0. The lowest BCUT2D eigenvalue weighted by Crippen LogP contribution is -2.38. The van der Waals surface area contributed by atoms with Crippen molar-refractivity contribution >= 4 is 30.7 Å². The van der Waals surface area contributed by atoms with Crippen molar-refractivity contribution in [2.45, 2.75) is 39.2 Å². The van der Waals surface area contributed by atoms with Crippen molar-refractivity contribution in [1.29, 1.82) is 0 Å². The van der Waals surface area contributed by atoms with Crippen molar-refractivity contribution in [2.24, 2.45) is 5.92 Å². The van der Waals surface area contributed by atoms with Gasteiger partial charge in [-0.25, -0.2) is 0 Å². The summed E-state index contributed by atoms with van der Waals surface area (Å²) in [5.74, 6) is 0.860. The highest BCUT2D eigenvalue weighted by Gasteiger charge is 2.19. The average molecular weight is 390 g/mol. The number of benzene rings is 1. The first-order valence-electron chi connectivity index (χ1n) is 9.01. The number of hydrogen-bond acceptors (Lipinski definition) is 3. The lowest BCUT2D eigenvalue weighted by molar-refractivity contribution is -0.121. The van der Waals surface area contributed by atoms with Crippen LogP contribution in [-0.2, 0) is 4.79 Å². The molecule has 1 aromatic carbocycles. The zero-order valence-corrected chi connectivity index (χ0v) is 17.0. The number of carbonyl (C=O) groups excluding carboxylic acids is 1. The van der Waals surface area contributed by atoms with Crippen LogP contribution >= 0.6 is 24.8 Å². The predicted octanol–water partition coefficient (Wildman–Crippen LogP) is 3.42. The molecule has 0 spiro atoms. The van der Waals surface area contributed by atoms with Crippen LogP contribution in [0.25, 0.3) is 0 Å². The molecule has 1 amide bonds. The van der Waals surface area contributed by atoms with Crippen molar-refractivity contribution in [2.75, 3.05) is 32.7 Å². The zero-order chi connectivity index (χ0) is 16.5. The van der Waals surface area contributed by atoms with Crippen LogP contribution in [0.15, 0.2) is 30.3 Å². The van der Waals surface area contributed by atoms with Crippen molar-refractivity contribution in [3.63, 3.8) is 0 Å². The Morgan fingerprint density at radius 2 is 1.92 bits per heavy atom. The van der Waals surface area contributed by atoms with Crippen molar-refractivity contribution < 1.29 is 4.79 Å². The largest absolute Gasteiger partial charge is 0.354 e. The van der Waals surface area contributed by atoms with Gasteiger partial charge in [0.25, 0.3) is 0 Å². The van der Waals surface area contributed by atoms with Crippen molar-refractivity contribution in [3.8, 4) is 0 Å². The molecule has 25 heavy (non-hydrogen) atoms. The highest BCUT2D eigenvalue weighted by molar-refractivity contribution is 5.85. The molecule has 2 unspecified atom stereocenters. The molecule has 0 aromatic heterocycles. The fourth-order valence-corrected chi connectivity index (χ4v) is 3.39. The van der Waals surface area contributed by atoms with E-state index >= 15 is 0 Å². The van der Waals surface area contributed by atoms with E-state index in [4.69, 9.17) is 0 Å². The van der Waals surface area contributed by atoms with Crippen LogP contribution in [0, 0.1) is 5.92 Å². The second-order valence-corrected chi connectivity index (χ2v) is 6.35. The first-order chi connectivity index (χ1) is 11.2. The summed E-state index contributed by atoms with van der Waals surface area (Å²) in [5, 5.41) is 6.51. The minimum atomic E-state index is 0. The van der Waals surface area contributed by atoms with Gasteiger partial charge in [-0.15, -0.1) is 24.8 Å². The first kappa shape index (κ1) is 24.2. The maximum atomic E-state index is 12.2. The topological polar surface area (TPSA) is 44.4 Å². The van der Waals surface area contributed by atoms with E-state index in [1.807, 2.05) is 6.07 Å². The normalized spacial score (nSPS) is 17.5. The molecule has 0 aliphatic carbocycles. The monoisotopic (exact) mass is 389 g/mol. The van der Waals surface area contributed by atoms with Crippen LogP contribution in [0.5, 0.6) is 0 Å². The molecule has 0 radical (unpaired) electrons. The number of nitrogens with one attached hydrogen (secondary N) is 2. The lowest BCUT2D eigenvalue weighted by atomic mass is 10.0. The van der Waals surface area contributed by atoms with Crippen LogP contribution in [0.3, 0.4) is 0 Å². The van der Waals surface area contributed by atoms with Gasteiger partial charge in [-0.05, 0) is 50.5 Å². The number of hydrogen-bond donors (Lipinski definition) is 2. The van der Waals surface area contributed by atoms with Crippen LogP contribution in [0.2, 0.25) is 0 Å². The van der Waals surface area contributed by atoms with Gasteiger partial charge < -0.3 is 10.6 Å². The Morgan fingerprint density at radius 3 is 2.48 bits per heavy atom. The molecule has 144 valence electrons. The molecule has 0 saturated carbocycles. The van der Waals surface area contributed by atoms with Gasteiger partial charge in [-0.2, -0.15) is 0 Å². The van der Waals surface area contributed by atoms with Gasteiger partial charge >= 0.3 is 0 Å². The summed E-state index contributed by atoms with van der Waals surface area (Å²) < 4.78 is 0. The Balaban J connectivity index is 0.00000288. The standard InChI is InChI=1S/C19H31N3O.2ClH/c1-3-22(4-2)18(17-8-6-5-7-9-17)15-21-19(23)11-10-16-12-13-20-14-16;;/h5-9,16,18,20H,3-4,10-15H2,1-2H3,(H,21,23);2*1H. The number of carbonyl (C=O) groups is 1. The molecule has 2 atom stereocenters. The van der Waals surface area contributed by atoms with Crippen LogP contribution < -0.4 is 10.6 Å². The fraction of sp³-hybridized carbons (Fsp3) is 0.632. The molecule has 1 aliphatic rings. The number of amides is 1. The van der Waals surface area contributed by atoms with Gasteiger partial charge in [0, 0.05) is 13.0 Å². The van der Waals surface area contributed by atoms with Gasteiger partial charge in [0.2, 0.25) is 5.91 Å². The maximum Gasteiger partial charge on any atom is 0.220 e. The second-order valence-electron chi connectivity index (χ2n) is 6.35. The molecule has 1 saturated heterocycles. The summed E-state index contributed by atoms with van der Waals surface area (Å²) in [6, 6.07) is 10.7. The first-order valence-corrected chi connectivity index (χ1v) is 9.01. The molecule has 0 bridgehead atoms. The molecule has 1 aliphatic heterocycles. The van der Waals surface area contributed by atoms with E-state index in [0.29, 0.717) is 18.9 Å². The van der Waals surface area contributed by atoms with Crippen molar-refractivity contribution in [1.82, 2.24) is 15.5 Å². The summed E-state index contributed by atoms with van der Waals surface area (Å²) in [7, 11) is 0. The van der Waals surface area contributed by atoms with Crippen LogP contribution in [0.1, 0.15) is 44.7 Å². The summed E-state index contributed by atoms with van der Waals surface area (Å²) in [5.41, 5.74) is 1.27. The van der Waals surface area contributed by atoms with E-state index in [-0.39, 0.29) is 36.8 Å². The highest BCUT2D eigenvalue weighted by Crippen LogP contribution is 2.20. The van der Waals surface area contributed by atoms with Gasteiger partial charge in [0.15, 0.2) is 0 Å². The van der Waals surface area contributed by atoms with Crippen LogP contribution in [0.4, 0.5) is 0 Å². The minimum Gasteiger partial charge on any atom is -0.354 e. The Morgan fingerprint density at radius 1 is 1.24 bits per heavy atom. The molecular weight excluding hydrogens is 357 g/mol. The lowest BCUT2D eigenvalue weighted by Gasteiger charge is -2.30. The quantitative estimate of drug-likeness (QED) is 0.679. The number of rotatable bonds is 9. The number of nitrogens with zero attached hydrogens (tertiary/aromatic N) is 1. The molecule has 6 heteroatoms. The highest BCUT2D eigenvalue weighted by atomic mass is 35.5. The molecule has 1 heterocycles. The molecule has 2 rings (SSSR count). The summed E-state index contributed by atoms with van der Waals surface area (Å²) in [4.78, 5) is 14.6. The maximum absolute atomic E-state index is 12.2. The predicted molar refractivity (Wildman–Crippen MR) is 110 cm³/mol. The molecular formula is C19H33Cl2N3O. The minimum absolute atomic E-state index is 0. The van der Waals surface area contributed by atoms with Crippen molar-refractivity contribution in [3.05, 3.63) is 35.9 Å². The van der Waals surface area contributed by atoms with Gasteiger partial charge in [-0.3, -0.25) is 9.69 Å². The van der Waals surface area contributed by atoms with E-state index in [1.54, 1.807) is 0 Å². The van der Waals surface area contributed by atoms with E-state index in [9.17, 15) is 4.79 Å². The second kappa shape index (κ2) is 13.4. The van der Waals surface area contributed by atoms with E-state index in [2.05, 4.69) is 53.6 Å². The average Bonchev–Trinajstić information content (AvgIpc) is 3.11. The zero-order valence-electron chi connectivity index (χ0n) is 15.4. The SMILES string of the molecule is CCN(CC)C(CNC(=O)CCC1CCNC1)c1ccccc1.Cl.Cl. The van der Waals surface area contributed by atoms with E-state index in [1.165, 1.54) is 12.0 Å².